The molecule has 1 aromatic carbocycles. The first-order valence-corrected chi connectivity index (χ1v) is 15.0. The van der Waals surface area contributed by atoms with Crippen LogP contribution in [0.1, 0.15) is 38.2 Å². The first kappa shape index (κ1) is 29.4. The summed E-state index contributed by atoms with van der Waals surface area (Å²) >= 11 is 0. The number of allylic oxidation sites excluding steroid dienone is 3. The van der Waals surface area contributed by atoms with Gasteiger partial charge in [-0.1, -0.05) is 43.0 Å². The van der Waals surface area contributed by atoms with Crippen molar-refractivity contribution in [2.24, 2.45) is 0 Å². The summed E-state index contributed by atoms with van der Waals surface area (Å²) in [6.07, 6.45) is 17.9. The van der Waals surface area contributed by atoms with Crippen LogP contribution in [-0.2, 0) is 4.79 Å². The molecule has 7 nitrogen and oxygen atoms in total. The lowest BCUT2D eigenvalue weighted by Gasteiger charge is -2.29. The van der Waals surface area contributed by atoms with Gasteiger partial charge in [0.25, 0.3) is 0 Å². The van der Waals surface area contributed by atoms with E-state index in [-0.39, 0.29) is 11.9 Å². The highest BCUT2D eigenvalue weighted by atomic mass is 16.1. The molecule has 2 aliphatic heterocycles. The summed E-state index contributed by atoms with van der Waals surface area (Å²) < 4.78 is 0. The molecule has 4 heterocycles. The van der Waals surface area contributed by atoms with Crippen molar-refractivity contribution in [3.63, 3.8) is 0 Å². The van der Waals surface area contributed by atoms with Gasteiger partial charge >= 0.3 is 0 Å². The second kappa shape index (κ2) is 14.2. The number of benzene rings is 1. The van der Waals surface area contributed by atoms with Crippen LogP contribution in [0.3, 0.4) is 0 Å². The number of nitrogens with zero attached hydrogens (tertiary/aromatic N) is 4. The predicted octanol–water partition coefficient (Wildman–Crippen LogP) is 6.04. The highest BCUT2D eigenvalue weighted by Gasteiger charge is 2.17. The monoisotopic (exact) mass is 562 g/mol. The SMILES string of the molecule is C=C/C(=C\C=C(/C)Nc1cc(-c2ccc(/C=C/C(=O)NC3CCN(C)CC3)cc2)nc2ccncc12)CN1CCCC1. The molecule has 0 spiro atoms. The lowest BCUT2D eigenvalue weighted by molar-refractivity contribution is -0.117. The molecule has 5 rings (SSSR count). The minimum absolute atomic E-state index is 0.0383. The number of aromatic nitrogens is 2. The normalized spacial score (nSPS) is 17.7. The molecule has 218 valence electrons. The van der Waals surface area contributed by atoms with Crippen LogP contribution >= 0.6 is 0 Å². The molecule has 0 atom stereocenters. The second-order valence-corrected chi connectivity index (χ2v) is 11.4. The zero-order valence-electron chi connectivity index (χ0n) is 24.9. The number of rotatable bonds is 10. The van der Waals surface area contributed by atoms with E-state index >= 15 is 0 Å². The number of carbonyl (C=O) groups is 1. The fourth-order valence-electron chi connectivity index (χ4n) is 5.53. The van der Waals surface area contributed by atoms with Crippen molar-refractivity contribution in [2.75, 3.05) is 45.1 Å². The van der Waals surface area contributed by atoms with Crippen LogP contribution in [0.2, 0.25) is 0 Å². The average Bonchev–Trinajstić information content (AvgIpc) is 3.53. The lowest BCUT2D eigenvalue weighted by Crippen LogP contribution is -2.42. The number of anilines is 1. The van der Waals surface area contributed by atoms with Crippen LogP contribution in [0, 0.1) is 0 Å². The van der Waals surface area contributed by atoms with Gasteiger partial charge in [0.1, 0.15) is 0 Å². The van der Waals surface area contributed by atoms with Crippen molar-refractivity contribution in [1.29, 1.82) is 0 Å². The minimum Gasteiger partial charge on any atom is -0.359 e. The number of fused-ring (bicyclic) bond motifs is 1. The van der Waals surface area contributed by atoms with Crippen LogP contribution in [0.4, 0.5) is 5.69 Å². The summed E-state index contributed by atoms with van der Waals surface area (Å²) in [5.74, 6) is -0.0383. The van der Waals surface area contributed by atoms with Gasteiger partial charge in [0.05, 0.1) is 16.9 Å². The number of amides is 1. The van der Waals surface area contributed by atoms with Crippen molar-refractivity contribution in [3.05, 3.63) is 96.5 Å². The Hall–Kier alpha value is -4.07. The Bertz CT molecular complexity index is 1480. The molecule has 2 aromatic heterocycles. The summed E-state index contributed by atoms with van der Waals surface area (Å²) in [4.78, 5) is 26.5. The van der Waals surface area contributed by atoms with Crippen LogP contribution in [0.15, 0.2) is 90.9 Å². The van der Waals surface area contributed by atoms with E-state index in [2.05, 4.69) is 64.2 Å². The van der Waals surface area contributed by atoms with Crippen molar-refractivity contribution in [1.82, 2.24) is 25.1 Å². The molecule has 0 saturated carbocycles. The van der Waals surface area contributed by atoms with E-state index in [0.717, 1.165) is 84.7 Å². The van der Waals surface area contributed by atoms with Crippen molar-refractivity contribution in [2.45, 2.75) is 38.6 Å². The Morgan fingerprint density at radius 2 is 1.83 bits per heavy atom. The number of nitrogens with one attached hydrogen (secondary N) is 2. The third-order valence-electron chi connectivity index (χ3n) is 8.06. The molecule has 2 N–H and O–H groups in total. The Balaban J connectivity index is 1.28. The van der Waals surface area contributed by atoms with E-state index in [1.165, 1.54) is 18.4 Å². The minimum atomic E-state index is -0.0383. The maximum Gasteiger partial charge on any atom is 0.244 e. The highest BCUT2D eigenvalue weighted by molar-refractivity contribution is 5.94. The molecule has 2 fully saturated rings. The second-order valence-electron chi connectivity index (χ2n) is 11.4. The van der Waals surface area contributed by atoms with E-state index in [0.29, 0.717) is 0 Å². The van der Waals surface area contributed by atoms with Gasteiger partial charge in [-0.05, 0) is 101 Å². The Morgan fingerprint density at radius 3 is 2.57 bits per heavy atom. The zero-order valence-corrected chi connectivity index (χ0v) is 24.9. The first-order valence-electron chi connectivity index (χ1n) is 15.0. The van der Waals surface area contributed by atoms with Gasteiger partial charge in [0, 0.05) is 47.7 Å². The third-order valence-corrected chi connectivity index (χ3v) is 8.06. The molecule has 0 radical (unpaired) electrons. The Kier molecular flexibility index (Phi) is 9.95. The smallest absolute Gasteiger partial charge is 0.244 e. The van der Waals surface area contributed by atoms with Crippen LogP contribution < -0.4 is 10.6 Å². The molecule has 3 aromatic rings. The van der Waals surface area contributed by atoms with Crippen LogP contribution in [0.5, 0.6) is 0 Å². The largest absolute Gasteiger partial charge is 0.359 e. The van der Waals surface area contributed by atoms with E-state index in [4.69, 9.17) is 4.98 Å². The topological polar surface area (TPSA) is 73.4 Å². The quantitative estimate of drug-likeness (QED) is 0.232. The molecule has 0 unspecified atom stereocenters. The molecule has 7 heteroatoms. The number of likely N-dealkylation sites (tertiary alicyclic amines) is 2. The van der Waals surface area contributed by atoms with E-state index in [9.17, 15) is 4.79 Å². The molecule has 42 heavy (non-hydrogen) atoms. The maximum atomic E-state index is 12.4. The van der Waals surface area contributed by atoms with Crippen LogP contribution in [-0.4, -0.2) is 71.5 Å². The van der Waals surface area contributed by atoms with Crippen LogP contribution in [0.25, 0.3) is 28.2 Å². The van der Waals surface area contributed by atoms with Crippen molar-refractivity contribution < 1.29 is 4.79 Å². The van der Waals surface area contributed by atoms with Gasteiger partial charge in [0.15, 0.2) is 0 Å². The van der Waals surface area contributed by atoms with Gasteiger partial charge in [0.2, 0.25) is 5.91 Å². The Labute approximate surface area is 249 Å². The van der Waals surface area contributed by atoms with E-state index < -0.39 is 0 Å². The predicted molar refractivity (Wildman–Crippen MR) is 174 cm³/mol. The number of piperidine rings is 1. The number of hydrogen-bond acceptors (Lipinski definition) is 6. The van der Waals surface area contributed by atoms with Gasteiger partial charge < -0.3 is 15.5 Å². The molecular weight excluding hydrogens is 520 g/mol. The zero-order chi connectivity index (χ0) is 29.3. The number of pyridine rings is 2. The molecule has 0 bridgehead atoms. The van der Waals surface area contributed by atoms with E-state index in [1.807, 2.05) is 48.7 Å². The van der Waals surface area contributed by atoms with Gasteiger partial charge in [-0.3, -0.25) is 14.7 Å². The van der Waals surface area contributed by atoms with E-state index in [1.54, 1.807) is 12.3 Å². The third kappa shape index (κ3) is 8.02. The standard InChI is InChI=1S/C35H42N6O/c1-4-27(25-41-19-5-6-20-41)8-7-26(2)37-34-23-33(39-32-15-18-36-24-31(32)34)29-12-9-28(10-13-29)11-14-35(42)38-30-16-21-40(3)22-17-30/h4,7-15,18,23-24,30H,1,5-6,16-17,19-22,25H2,2-3H3,(H,37,39)(H,38,42)/b14-11+,26-7+,27-8+. The molecule has 0 aliphatic carbocycles. The van der Waals surface area contributed by atoms with Gasteiger partial charge in [-0.25, -0.2) is 4.98 Å². The maximum absolute atomic E-state index is 12.4. The Morgan fingerprint density at radius 1 is 1.07 bits per heavy atom. The summed E-state index contributed by atoms with van der Waals surface area (Å²) in [6, 6.07) is 12.4. The summed E-state index contributed by atoms with van der Waals surface area (Å²) in [5, 5.41) is 7.68. The number of hydrogen-bond donors (Lipinski definition) is 2. The molecule has 2 aliphatic rings. The summed E-state index contributed by atoms with van der Waals surface area (Å²) in [7, 11) is 2.12. The number of carbonyl (C=O) groups excluding carboxylic acids is 1. The molecular formula is C35H42N6O. The summed E-state index contributed by atoms with van der Waals surface area (Å²) in [5.41, 5.74) is 6.92. The fourth-order valence-corrected chi connectivity index (χ4v) is 5.53. The van der Waals surface area contributed by atoms with Crippen molar-refractivity contribution >= 4 is 28.6 Å². The summed E-state index contributed by atoms with van der Waals surface area (Å²) in [6.45, 7) is 11.4. The lowest BCUT2D eigenvalue weighted by atomic mass is 10.1. The molecule has 1 amide bonds. The van der Waals surface area contributed by atoms with Crippen molar-refractivity contribution in [3.8, 4) is 11.3 Å². The fraction of sp³-hybridized carbons (Fsp3) is 0.343. The highest BCUT2D eigenvalue weighted by Crippen LogP contribution is 2.29. The molecule has 2 saturated heterocycles. The van der Waals surface area contributed by atoms with Gasteiger partial charge in [-0.15, -0.1) is 0 Å². The first-order chi connectivity index (χ1) is 20.5. The average molecular weight is 563 g/mol. The van der Waals surface area contributed by atoms with Gasteiger partial charge in [-0.2, -0.15) is 0 Å².